The molecule has 0 amide bonds. The molecule has 2 aromatic carbocycles. The molecule has 0 saturated carbocycles. The molecule has 3 nitrogen and oxygen atoms in total. The Morgan fingerprint density at radius 2 is 1.62 bits per heavy atom. The number of fused-ring (bicyclic) bond motifs is 1. The molecule has 0 aliphatic heterocycles. The van der Waals surface area contributed by atoms with Gasteiger partial charge in [-0.1, -0.05) is 35.9 Å². The van der Waals surface area contributed by atoms with Gasteiger partial charge in [0.05, 0.1) is 4.90 Å². The third-order valence-corrected chi connectivity index (χ3v) is 3.28. The summed E-state index contributed by atoms with van der Waals surface area (Å²) >= 11 is 5.86. The van der Waals surface area contributed by atoms with Crippen molar-refractivity contribution in [2.24, 2.45) is 0 Å². The minimum atomic E-state index is -4.49. The summed E-state index contributed by atoms with van der Waals surface area (Å²) in [7, 11) is -4.49. The van der Waals surface area contributed by atoms with E-state index in [9.17, 15) is 13.0 Å². The summed E-state index contributed by atoms with van der Waals surface area (Å²) in [5.41, 5.74) is 0. The predicted octanol–water partition coefficient (Wildman–Crippen LogP) is -0.599. The van der Waals surface area contributed by atoms with Gasteiger partial charge in [0.1, 0.15) is 10.1 Å². The Hall–Kier alpha value is 0.536. The number of hydrogen-bond donors (Lipinski definition) is 0. The molecular formula is C10H6ClKO3S. The van der Waals surface area contributed by atoms with Gasteiger partial charge in [-0.2, -0.15) is 0 Å². The molecule has 0 saturated heterocycles. The van der Waals surface area contributed by atoms with Gasteiger partial charge in [0.2, 0.25) is 0 Å². The maximum Gasteiger partial charge on any atom is 1.00 e. The van der Waals surface area contributed by atoms with Crippen molar-refractivity contribution >= 4 is 32.5 Å². The second kappa shape index (κ2) is 5.45. The van der Waals surface area contributed by atoms with Crippen LogP contribution in [-0.2, 0) is 10.1 Å². The van der Waals surface area contributed by atoms with Crippen molar-refractivity contribution in [3.05, 3.63) is 41.4 Å². The maximum atomic E-state index is 11.0. The van der Waals surface area contributed by atoms with Crippen molar-refractivity contribution in [1.82, 2.24) is 0 Å². The predicted molar refractivity (Wildman–Crippen MR) is 56.9 cm³/mol. The van der Waals surface area contributed by atoms with Gasteiger partial charge in [0, 0.05) is 10.4 Å². The first-order valence-electron chi connectivity index (χ1n) is 4.13. The zero-order chi connectivity index (χ0) is 11.1. The Morgan fingerprint density at radius 1 is 1.06 bits per heavy atom. The first kappa shape index (κ1) is 14.6. The third kappa shape index (κ3) is 2.86. The minimum Gasteiger partial charge on any atom is -0.744 e. The van der Waals surface area contributed by atoms with E-state index >= 15 is 0 Å². The number of benzene rings is 2. The van der Waals surface area contributed by atoms with E-state index in [-0.39, 0.29) is 66.7 Å². The Morgan fingerprint density at radius 3 is 2.19 bits per heavy atom. The van der Waals surface area contributed by atoms with Crippen molar-refractivity contribution in [2.45, 2.75) is 4.90 Å². The van der Waals surface area contributed by atoms with E-state index in [1.807, 2.05) is 0 Å². The SMILES string of the molecule is O=S(=O)([O-])c1cccc2cccc(Cl)c12.[K+]. The van der Waals surface area contributed by atoms with E-state index in [1.165, 1.54) is 12.1 Å². The van der Waals surface area contributed by atoms with Crippen LogP contribution in [0.15, 0.2) is 41.3 Å². The maximum absolute atomic E-state index is 11.0. The van der Waals surface area contributed by atoms with Gasteiger partial charge in [-0.15, -0.1) is 0 Å². The zero-order valence-corrected chi connectivity index (χ0v) is 13.2. The summed E-state index contributed by atoms with van der Waals surface area (Å²) in [6.07, 6.45) is 0. The van der Waals surface area contributed by atoms with Gasteiger partial charge in [-0.05, 0) is 17.5 Å². The Balaban J connectivity index is 0.00000128. The monoisotopic (exact) mass is 280 g/mol. The summed E-state index contributed by atoms with van der Waals surface area (Å²) in [6, 6.07) is 9.44. The van der Waals surface area contributed by atoms with Crippen LogP contribution in [0.4, 0.5) is 0 Å². The fourth-order valence-corrected chi connectivity index (χ4v) is 2.53. The van der Waals surface area contributed by atoms with E-state index < -0.39 is 10.1 Å². The molecule has 0 spiro atoms. The van der Waals surface area contributed by atoms with Crippen molar-refractivity contribution in [1.29, 1.82) is 0 Å². The molecule has 16 heavy (non-hydrogen) atoms. The van der Waals surface area contributed by atoms with Crippen LogP contribution in [0.1, 0.15) is 0 Å². The van der Waals surface area contributed by atoms with Crippen LogP contribution in [0, 0.1) is 0 Å². The van der Waals surface area contributed by atoms with Crippen molar-refractivity contribution in [3.8, 4) is 0 Å². The van der Waals surface area contributed by atoms with Crippen LogP contribution in [0.2, 0.25) is 5.02 Å². The fraction of sp³-hybridized carbons (Fsp3) is 0. The summed E-state index contributed by atoms with van der Waals surface area (Å²) < 4.78 is 33.0. The average molecular weight is 281 g/mol. The molecule has 0 radical (unpaired) electrons. The van der Waals surface area contributed by atoms with Gasteiger partial charge in [0.15, 0.2) is 0 Å². The van der Waals surface area contributed by atoms with Gasteiger partial charge < -0.3 is 4.55 Å². The van der Waals surface area contributed by atoms with Crippen LogP contribution in [0.3, 0.4) is 0 Å². The summed E-state index contributed by atoms with van der Waals surface area (Å²) in [5, 5.41) is 1.19. The molecule has 2 aromatic rings. The van der Waals surface area contributed by atoms with Crippen molar-refractivity contribution in [3.63, 3.8) is 0 Å². The largest absolute Gasteiger partial charge is 1.00 e. The van der Waals surface area contributed by atoms with Gasteiger partial charge in [-0.25, -0.2) is 8.42 Å². The molecular weight excluding hydrogens is 275 g/mol. The second-order valence-electron chi connectivity index (χ2n) is 3.05. The van der Waals surface area contributed by atoms with E-state index in [1.54, 1.807) is 24.3 Å². The van der Waals surface area contributed by atoms with Crippen LogP contribution >= 0.6 is 11.6 Å². The normalized spacial score (nSPS) is 11.1. The quantitative estimate of drug-likeness (QED) is 0.518. The molecule has 0 fully saturated rings. The van der Waals surface area contributed by atoms with Crippen LogP contribution in [-0.4, -0.2) is 13.0 Å². The van der Waals surface area contributed by atoms with E-state index in [2.05, 4.69) is 0 Å². The van der Waals surface area contributed by atoms with Crippen LogP contribution < -0.4 is 51.4 Å². The molecule has 0 heterocycles. The van der Waals surface area contributed by atoms with Crippen molar-refractivity contribution in [2.75, 3.05) is 0 Å². The number of rotatable bonds is 1. The molecule has 0 atom stereocenters. The topological polar surface area (TPSA) is 57.2 Å². The molecule has 6 heteroatoms. The number of hydrogen-bond acceptors (Lipinski definition) is 3. The molecule has 0 aliphatic carbocycles. The van der Waals surface area contributed by atoms with Crippen LogP contribution in [0.5, 0.6) is 0 Å². The number of halogens is 1. The Bertz CT molecular complexity index is 620. The molecule has 2 rings (SSSR count). The standard InChI is InChI=1S/C10H7ClO3S.K/c11-8-5-1-3-7-4-2-6-9(10(7)8)15(12,13)14;/h1-6H,(H,12,13,14);/q;+1/p-1. The summed E-state index contributed by atoms with van der Waals surface area (Å²) in [5.74, 6) is 0. The van der Waals surface area contributed by atoms with E-state index in [4.69, 9.17) is 11.6 Å². The smallest absolute Gasteiger partial charge is 0.744 e. The summed E-state index contributed by atoms with van der Waals surface area (Å²) in [6.45, 7) is 0. The molecule has 0 N–H and O–H groups in total. The first-order valence-corrected chi connectivity index (χ1v) is 5.92. The minimum absolute atomic E-state index is 0. The van der Waals surface area contributed by atoms with E-state index in [0.29, 0.717) is 5.39 Å². The average Bonchev–Trinajstić information content (AvgIpc) is 2.16. The summed E-state index contributed by atoms with van der Waals surface area (Å²) in [4.78, 5) is -0.273. The molecule has 0 bridgehead atoms. The van der Waals surface area contributed by atoms with Gasteiger partial charge in [0.25, 0.3) is 0 Å². The molecule has 78 valence electrons. The van der Waals surface area contributed by atoms with Crippen molar-refractivity contribution < 1.29 is 64.4 Å². The van der Waals surface area contributed by atoms with Gasteiger partial charge >= 0.3 is 51.4 Å². The van der Waals surface area contributed by atoms with E-state index in [0.717, 1.165) is 0 Å². The molecule has 0 aliphatic rings. The zero-order valence-electron chi connectivity index (χ0n) is 8.48. The Labute approximate surface area is 141 Å². The van der Waals surface area contributed by atoms with Crippen LogP contribution in [0.25, 0.3) is 10.8 Å². The molecule has 0 unspecified atom stereocenters. The first-order chi connectivity index (χ1) is 7.00. The van der Waals surface area contributed by atoms with Gasteiger partial charge in [-0.3, -0.25) is 0 Å². The second-order valence-corrected chi connectivity index (χ2v) is 4.80. The third-order valence-electron chi connectivity index (χ3n) is 2.08. The molecule has 0 aromatic heterocycles. The fourth-order valence-electron chi connectivity index (χ4n) is 1.47. The Kier molecular flexibility index (Phi) is 4.97.